The second-order valence-electron chi connectivity index (χ2n) is 13.2. The summed E-state index contributed by atoms with van der Waals surface area (Å²) in [5.41, 5.74) is 2.60. The normalized spacial score (nSPS) is 17.0. The first-order valence-electron chi connectivity index (χ1n) is 17.6. The van der Waals surface area contributed by atoms with E-state index in [0.29, 0.717) is 88.3 Å². The number of piperazine rings is 1. The lowest BCUT2D eigenvalue weighted by molar-refractivity contribution is -0.137. The zero-order valence-electron chi connectivity index (χ0n) is 29.7. The molecule has 2 aromatic carbocycles. The van der Waals surface area contributed by atoms with Crippen molar-refractivity contribution in [3.8, 4) is 5.75 Å². The molecule has 15 nitrogen and oxygen atoms in total. The lowest BCUT2D eigenvalue weighted by Gasteiger charge is -2.35. The number of benzene rings is 2. The maximum absolute atomic E-state index is 13.1. The predicted octanol–water partition coefficient (Wildman–Crippen LogP) is 4.47. The van der Waals surface area contributed by atoms with E-state index in [1.807, 2.05) is 30.0 Å². The van der Waals surface area contributed by atoms with Crippen LogP contribution in [0.15, 0.2) is 48.7 Å². The summed E-state index contributed by atoms with van der Waals surface area (Å²) in [6.07, 6.45) is 2.78. The van der Waals surface area contributed by atoms with Crippen molar-refractivity contribution in [2.75, 3.05) is 48.3 Å². The molecule has 0 aliphatic carbocycles. The van der Waals surface area contributed by atoms with Gasteiger partial charge in [0.15, 0.2) is 5.13 Å². The minimum atomic E-state index is -0.699. The lowest BCUT2D eigenvalue weighted by atomic mass is 10.0. The molecule has 0 saturated carbocycles. The quantitative estimate of drug-likeness (QED) is 0.145. The summed E-state index contributed by atoms with van der Waals surface area (Å²) in [5, 5.41) is 9.33. The van der Waals surface area contributed by atoms with Crippen molar-refractivity contribution in [2.45, 2.75) is 52.1 Å². The Bertz CT molecular complexity index is 2120. The number of ether oxygens (including phenoxy) is 1. The SMILES string of the molecule is Cc1nc(Nc2ncc(C(=O)Nc3c(C)cccc3Cl)s2)cc(N2CCN(C(=O)CCCOc3cccc4c3CN(C3CCC(=O)NC3=O)C4=O)CC2)n1. The predicted molar refractivity (Wildman–Crippen MR) is 202 cm³/mol. The van der Waals surface area contributed by atoms with Gasteiger partial charge in [-0.2, -0.15) is 0 Å². The van der Waals surface area contributed by atoms with Crippen molar-refractivity contribution in [1.29, 1.82) is 0 Å². The van der Waals surface area contributed by atoms with Crippen LogP contribution in [0.3, 0.4) is 0 Å². The van der Waals surface area contributed by atoms with E-state index >= 15 is 0 Å². The van der Waals surface area contributed by atoms with Crippen LogP contribution >= 0.6 is 22.9 Å². The van der Waals surface area contributed by atoms with Gasteiger partial charge < -0.3 is 30.1 Å². The van der Waals surface area contributed by atoms with Crippen molar-refractivity contribution >= 4 is 74.9 Å². The molecule has 54 heavy (non-hydrogen) atoms. The molecular weight excluding hydrogens is 734 g/mol. The van der Waals surface area contributed by atoms with Crippen LogP contribution in [0.5, 0.6) is 5.75 Å². The Kier molecular flexibility index (Phi) is 10.7. The largest absolute Gasteiger partial charge is 0.493 e. The van der Waals surface area contributed by atoms with Crippen molar-refractivity contribution < 1.29 is 28.7 Å². The van der Waals surface area contributed by atoms with Gasteiger partial charge in [0.1, 0.15) is 34.1 Å². The van der Waals surface area contributed by atoms with E-state index < -0.39 is 11.9 Å². The molecule has 0 radical (unpaired) electrons. The Morgan fingerprint density at radius 3 is 2.63 bits per heavy atom. The maximum atomic E-state index is 13.1. The molecule has 1 unspecified atom stereocenters. The van der Waals surface area contributed by atoms with Gasteiger partial charge in [0.05, 0.1) is 30.1 Å². The highest BCUT2D eigenvalue weighted by molar-refractivity contribution is 7.17. The van der Waals surface area contributed by atoms with Crippen molar-refractivity contribution in [2.24, 2.45) is 0 Å². The van der Waals surface area contributed by atoms with E-state index in [1.165, 1.54) is 22.4 Å². The number of aryl methyl sites for hydroxylation is 2. The number of carbonyl (C=O) groups is 5. The second kappa shape index (κ2) is 15.8. The molecule has 3 aliphatic heterocycles. The molecule has 17 heteroatoms. The number of anilines is 4. The number of piperidine rings is 1. The van der Waals surface area contributed by atoms with E-state index in [1.54, 1.807) is 31.2 Å². The summed E-state index contributed by atoms with van der Waals surface area (Å²) >= 11 is 7.47. The van der Waals surface area contributed by atoms with Crippen LogP contribution in [-0.2, 0) is 20.9 Å². The van der Waals surface area contributed by atoms with Crippen LogP contribution in [-0.4, -0.2) is 93.1 Å². The number of hydrogen-bond acceptors (Lipinski definition) is 12. The molecule has 1 atom stereocenters. The number of nitrogens with one attached hydrogen (secondary N) is 3. The van der Waals surface area contributed by atoms with E-state index in [-0.39, 0.29) is 49.6 Å². The van der Waals surface area contributed by atoms with Crippen LogP contribution in [0.1, 0.15) is 62.7 Å². The number of nitrogens with zero attached hydrogens (tertiary/aromatic N) is 6. The first-order chi connectivity index (χ1) is 26.0. The highest BCUT2D eigenvalue weighted by atomic mass is 35.5. The van der Waals surface area contributed by atoms with Gasteiger partial charge in [-0.15, -0.1) is 0 Å². The molecule has 0 bridgehead atoms. The van der Waals surface area contributed by atoms with E-state index in [4.69, 9.17) is 16.3 Å². The number of fused-ring (bicyclic) bond motifs is 1. The van der Waals surface area contributed by atoms with Crippen LogP contribution in [0.2, 0.25) is 5.02 Å². The summed E-state index contributed by atoms with van der Waals surface area (Å²) in [7, 11) is 0. The first kappa shape index (κ1) is 36.7. The minimum Gasteiger partial charge on any atom is -0.493 e. The highest BCUT2D eigenvalue weighted by Crippen LogP contribution is 2.34. The minimum absolute atomic E-state index is 0.0327. The molecule has 2 aromatic heterocycles. The van der Waals surface area contributed by atoms with Gasteiger partial charge in [-0.3, -0.25) is 29.3 Å². The van der Waals surface area contributed by atoms with Gasteiger partial charge in [-0.05, 0) is 50.5 Å². The van der Waals surface area contributed by atoms with Crippen molar-refractivity contribution in [1.82, 2.24) is 30.1 Å². The fourth-order valence-corrected chi connectivity index (χ4v) is 7.72. The number of hydrogen-bond donors (Lipinski definition) is 3. The molecule has 4 aromatic rings. The van der Waals surface area contributed by atoms with Crippen LogP contribution in [0.4, 0.5) is 22.5 Å². The molecule has 280 valence electrons. The van der Waals surface area contributed by atoms with Crippen LogP contribution < -0.4 is 25.6 Å². The van der Waals surface area contributed by atoms with Gasteiger partial charge in [-0.1, -0.05) is 41.1 Å². The number of aromatic nitrogens is 3. The van der Waals surface area contributed by atoms with Gasteiger partial charge in [0, 0.05) is 56.2 Å². The summed E-state index contributed by atoms with van der Waals surface area (Å²) in [6.45, 7) is 6.44. The fraction of sp³-hybridized carbons (Fsp3) is 0.351. The van der Waals surface area contributed by atoms with E-state index in [0.717, 1.165) is 11.4 Å². The van der Waals surface area contributed by atoms with Gasteiger partial charge >= 0.3 is 0 Å². The molecule has 2 saturated heterocycles. The number of amides is 5. The van der Waals surface area contributed by atoms with E-state index in [2.05, 4.69) is 35.8 Å². The molecule has 7 rings (SSSR count). The van der Waals surface area contributed by atoms with Gasteiger partial charge in [-0.25, -0.2) is 15.0 Å². The molecule has 5 heterocycles. The van der Waals surface area contributed by atoms with Crippen LogP contribution in [0, 0.1) is 13.8 Å². The third kappa shape index (κ3) is 7.99. The Hall–Kier alpha value is -5.61. The Balaban J connectivity index is 0.876. The molecule has 3 aliphatic rings. The topological polar surface area (TPSA) is 179 Å². The fourth-order valence-electron chi connectivity index (χ4n) is 6.73. The molecule has 5 amide bonds. The second-order valence-corrected chi connectivity index (χ2v) is 14.6. The third-order valence-electron chi connectivity index (χ3n) is 9.54. The number of para-hydroxylation sites is 1. The number of imide groups is 1. The third-order valence-corrected chi connectivity index (χ3v) is 10.8. The summed E-state index contributed by atoms with van der Waals surface area (Å²) in [6, 6.07) is 11.8. The molecule has 3 N–H and O–H groups in total. The number of rotatable bonds is 11. The standard InChI is InChI=1S/C37H38ClN9O6S/c1-21-6-3-8-25(38)33(21)44-35(51)28-19-39-37(54-28)42-29-18-30(41-22(2)40-29)45-13-15-46(16-14-45)32(49)10-5-17-53-27-9-4-7-23-24(27)20-47(36(23)52)26-11-12-31(48)43-34(26)50/h3-4,6-9,18-19,26H,5,10-17,20H2,1-2H3,(H,44,51)(H,43,48,50)(H,39,40,41,42). The summed E-state index contributed by atoms with van der Waals surface area (Å²) in [5.74, 6) is 1.04. The molecule has 2 fully saturated rings. The lowest BCUT2D eigenvalue weighted by Crippen LogP contribution is -2.52. The van der Waals surface area contributed by atoms with Gasteiger partial charge in [0.25, 0.3) is 11.8 Å². The molecular formula is C37H38ClN9O6S. The number of halogens is 1. The van der Waals surface area contributed by atoms with Gasteiger partial charge in [0.2, 0.25) is 17.7 Å². The number of carbonyl (C=O) groups excluding carboxylic acids is 5. The zero-order valence-corrected chi connectivity index (χ0v) is 31.3. The zero-order chi connectivity index (χ0) is 37.9. The Morgan fingerprint density at radius 1 is 1.06 bits per heavy atom. The average Bonchev–Trinajstić information content (AvgIpc) is 3.76. The smallest absolute Gasteiger partial charge is 0.267 e. The summed E-state index contributed by atoms with van der Waals surface area (Å²) < 4.78 is 6.04. The van der Waals surface area contributed by atoms with Crippen molar-refractivity contribution in [3.63, 3.8) is 0 Å². The van der Waals surface area contributed by atoms with Crippen LogP contribution in [0.25, 0.3) is 0 Å². The Morgan fingerprint density at radius 2 is 1.85 bits per heavy atom. The summed E-state index contributed by atoms with van der Waals surface area (Å²) in [4.78, 5) is 82.5. The highest BCUT2D eigenvalue weighted by Gasteiger charge is 2.40. The maximum Gasteiger partial charge on any atom is 0.267 e. The van der Waals surface area contributed by atoms with E-state index in [9.17, 15) is 24.0 Å². The number of thiazole rings is 1. The Labute approximate surface area is 320 Å². The first-order valence-corrected chi connectivity index (χ1v) is 18.8. The molecule has 0 spiro atoms. The monoisotopic (exact) mass is 771 g/mol. The van der Waals surface area contributed by atoms with Crippen molar-refractivity contribution in [3.05, 3.63) is 81.1 Å². The average molecular weight is 772 g/mol.